The molecule has 1 fully saturated rings. The molecule has 1 aliphatic heterocycles. The van der Waals surface area contributed by atoms with E-state index in [1.807, 2.05) is 12.1 Å². The van der Waals surface area contributed by atoms with Gasteiger partial charge < -0.3 is 24.9 Å². The zero-order valence-corrected chi connectivity index (χ0v) is 21.3. The molecule has 0 bridgehead atoms. The maximum Gasteiger partial charge on any atom is 0.252 e. The van der Waals surface area contributed by atoms with Crippen LogP contribution in [-0.4, -0.2) is 63.6 Å². The van der Waals surface area contributed by atoms with Crippen molar-refractivity contribution in [1.29, 1.82) is 0 Å². The Morgan fingerprint density at radius 2 is 2.18 bits per heavy atom. The molecule has 1 aromatic carbocycles. The topological polar surface area (TPSA) is 113 Å². The molecule has 9 nitrogen and oxygen atoms in total. The fourth-order valence-corrected chi connectivity index (χ4v) is 5.01. The number of halogens is 3. The molecule has 3 heterocycles. The summed E-state index contributed by atoms with van der Waals surface area (Å²) in [6, 6.07) is 6.49. The number of amides is 1. The van der Waals surface area contributed by atoms with Crippen LogP contribution in [0.5, 0.6) is 5.75 Å². The lowest BCUT2D eigenvalue weighted by molar-refractivity contribution is -0.0794. The highest BCUT2D eigenvalue weighted by atomic mass is 35.5. The SMILES string of the molecule is O=C(NC[C@H](O)CN1CCc2c(ccc(OCc3cnco3)c2Cl)C1)c1ccnc(NC2CC(F)(F)C2)c1. The zero-order valence-electron chi connectivity index (χ0n) is 20.5. The van der Waals surface area contributed by atoms with E-state index < -0.39 is 12.0 Å². The number of pyridine rings is 1. The number of nitrogens with zero attached hydrogens (tertiary/aromatic N) is 3. The van der Waals surface area contributed by atoms with E-state index in [9.17, 15) is 18.7 Å². The van der Waals surface area contributed by atoms with E-state index in [0.717, 1.165) is 11.1 Å². The molecule has 5 rings (SSSR count). The molecule has 1 amide bonds. The number of carbonyl (C=O) groups is 1. The van der Waals surface area contributed by atoms with Gasteiger partial charge in [0.15, 0.2) is 12.2 Å². The van der Waals surface area contributed by atoms with Crippen molar-refractivity contribution in [3.05, 3.63) is 70.5 Å². The Kier molecular flexibility index (Phi) is 7.78. The van der Waals surface area contributed by atoms with Gasteiger partial charge in [0.25, 0.3) is 11.8 Å². The molecule has 3 N–H and O–H groups in total. The number of alkyl halides is 2. The van der Waals surface area contributed by atoms with Crippen molar-refractivity contribution in [2.24, 2.45) is 0 Å². The Balaban J connectivity index is 1.09. The van der Waals surface area contributed by atoms with Crippen LogP contribution >= 0.6 is 11.6 Å². The predicted molar refractivity (Wildman–Crippen MR) is 135 cm³/mol. The third-order valence-corrected chi connectivity index (χ3v) is 7.08. The van der Waals surface area contributed by atoms with Crippen molar-refractivity contribution in [2.45, 2.75) is 50.5 Å². The van der Waals surface area contributed by atoms with Gasteiger partial charge in [0, 0.05) is 56.8 Å². The summed E-state index contributed by atoms with van der Waals surface area (Å²) in [7, 11) is 0. The van der Waals surface area contributed by atoms with Gasteiger partial charge in [0.2, 0.25) is 0 Å². The summed E-state index contributed by atoms with van der Waals surface area (Å²) >= 11 is 6.60. The van der Waals surface area contributed by atoms with Crippen LogP contribution in [0.2, 0.25) is 5.02 Å². The summed E-state index contributed by atoms with van der Waals surface area (Å²) in [5.74, 6) is -1.45. The predicted octanol–water partition coefficient (Wildman–Crippen LogP) is 3.66. The number of aromatic nitrogens is 2. The highest BCUT2D eigenvalue weighted by Crippen LogP contribution is 2.39. The largest absolute Gasteiger partial charge is 0.484 e. The Bertz CT molecular complexity index is 1270. The number of hydrogen-bond acceptors (Lipinski definition) is 8. The Morgan fingerprint density at radius 3 is 2.95 bits per heavy atom. The van der Waals surface area contributed by atoms with E-state index in [-0.39, 0.29) is 37.9 Å². The molecule has 12 heteroatoms. The van der Waals surface area contributed by atoms with Crippen LogP contribution in [0.3, 0.4) is 0 Å². The molecule has 1 aliphatic carbocycles. The van der Waals surface area contributed by atoms with Crippen LogP contribution in [0, 0.1) is 0 Å². The van der Waals surface area contributed by atoms with Crippen molar-refractivity contribution in [1.82, 2.24) is 20.2 Å². The minimum atomic E-state index is -2.64. The molecule has 0 saturated heterocycles. The van der Waals surface area contributed by atoms with Crippen LogP contribution in [-0.2, 0) is 19.6 Å². The average Bonchev–Trinajstić information content (AvgIpc) is 3.40. The third kappa shape index (κ3) is 6.40. The van der Waals surface area contributed by atoms with E-state index >= 15 is 0 Å². The number of aliphatic hydroxyl groups excluding tert-OH is 1. The molecule has 0 radical (unpaired) electrons. The second kappa shape index (κ2) is 11.2. The van der Waals surface area contributed by atoms with Gasteiger partial charge in [-0.3, -0.25) is 9.69 Å². The number of ether oxygens (including phenoxy) is 1. The summed E-state index contributed by atoms with van der Waals surface area (Å²) < 4.78 is 37.1. The summed E-state index contributed by atoms with van der Waals surface area (Å²) in [5.41, 5.74) is 2.42. The number of nitrogens with one attached hydrogen (secondary N) is 2. The van der Waals surface area contributed by atoms with Gasteiger partial charge in [0.1, 0.15) is 18.2 Å². The second-order valence-electron chi connectivity index (χ2n) is 9.66. The molecule has 1 atom stereocenters. The average molecular weight is 548 g/mol. The monoisotopic (exact) mass is 547 g/mol. The molecular weight excluding hydrogens is 520 g/mol. The van der Waals surface area contributed by atoms with Crippen molar-refractivity contribution in [3.63, 3.8) is 0 Å². The fourth-order valence-electron chi connectivity index (χ4n) is 4.68. The number of fused-ring (bicyclic) bond motifs is 1. The van der Waals surface area contributed by atoms with Gasteiger partial charge in [-0.25, -0.2) is 18.7 Å². The first-order valence-corrected chi connectivity index (χ1v) is 12.7. The summed E-state index contributed by atoms with van der Waals surface area (Å²) in [6.07, 6.45) is 3.81. The molecule has 2 aromatic heterocycles. The Labute approximate surface area is 223 Å². The van der Waals surface area contributed by atoms with Crippen molar-refractivity contribution < 1.29 is 27.8 Å². The van der Waals surface area contributed by atoms with E-state index in [4.69, 9.17) is 20.8 Å². The van der Waals surface area contributed by atoms with E-state index in [0.29, 0.717) is 54.0 Å². The fraction of sp³-hybridized carbons (Fsp3) is 0.423. The summed E-state index contributed by atoms with van der Waals surface area (Å²) in [5, 5.41) is 16.8. The van der Waals surface area contributed by atoms with Gasteiger partial charge >= 0.3 is 0 Å². The summed E-state index contributed by atoms with van der Waals surface area (Å²) in [6.45, 7) is 1.99. The number of carbonyl (C=O) groups excluding carboxylic acids is 1. The first kappa shape index (κ1) is 26.3. The van der Waals surface area contributed by atoms with Gasteiger partial charge in [-0.2, -0.15) is 0 Å². The third-order valence-electron chi connectivity index (χ3n) is 6.66. The lowest BCUT2D eigenvalue weighted by Gasteiger charge is -2.35. The Morgan fingerprint density at radius 1 is 1.34 bits per heavy atom. The van der Waals surface area contributed by atoms with Crippen LogP contribution in [0.4, 0.5) is 14.6 Å². The molecule has 0 unspecified atom stereocenters. The number of rotatable bonds is 10. The van der Waals surface area contributed by atoms with Gasteiger partial charge in [-0.15, -0.1) is 0 Å². The van der Waals surface area contributed by atoms with Crippen LogP contribution in [0.15, 0.2) is 47.5 Å². The molecular formula is C26H28ClF2N5O4. The standard InChI is InChI=1S/C26H28ClF2N5O4/c27-24-21-4-6-34(12-17(21)1-2-22(24)37-14-20-11-30-15-38-20)13-19(35)10-32-25(36)16-3-5-31-23(7-16)33-18-8-26(28,29)9-18/h1-3,5,7,11,15,18-19,35H,4,6,8-10,12-14H2,(H,31,33)(H,32,36)/t19-/m0/s1. The molecule has 0 spiro atoms. The number of aliphatic hydroxyl groups is 1. The van der Waals surface area contributed by atoms with Crippen molar-refractivity contribution >= 4 is 23.3 Å². The summed E-state index contributed by atoms with van der Waals surface area (Å²) in [4.78, 5) is 22.6. The van der Waals surface area contributed by atoms with Crippen LogP contribution < -0.4 is 15.4 Å². The molecule has 38 heavy (non-hydrogen) atoms. The van der Waals surface area contributed by atoms with E-state index in [1.165, 1.54) is 24.7 Å². The minimum Gasteiger partial charge on any atom is -0.484 e. The molecule has 202 valence electrons. The highest BCUT2D eigenvalue weighted by molar-refractivity contribution is 6.33. The number of benzene rings is 1. The van der Waals surface area contributed by atoms with Crippen molar-refractivity contribution in [2.75, 3.05) is 25.0 Å². The van der Waals surface area contributed by atoms with Gasteiger partial charge in [-0.05, 0) is 35.7 Å². The Hall–Kier alpha value is -3.28. The molecule has 2 aliphatic rings. The van der Waals surface area contributed by atoms with E-state index in [1.54, 1.807) is 6.20 Å². The van der Waals surface area contributed by atoms with Crippen molar-refractivity contribution in [3.8, 4) is 5.75 Å². The number of anilines is 1. The van der Waals surface area contributed by atoms with Crippen LogP contribution in [0.1, 0.15) is 40.1 Å². The lowest BCUT2D eigenvalue weighted by Crippen LogP contribution is -2.44. The molecule has 3 aromatic rings. The zero-order chi connectivity index (χ0) is 26.7. The molecule has 1 saturated carbocycles. The maximum absolute atomic E-state index is 13.1. The maximum atomic E-state index is 13.1. The first-order chi connectivity index (χ1) is 18.3. The minimum absolute atomic E-state index is 0.0668. The normalized spacial score (nSPS) is 17.8. The second-order valence-corrected chi connectivity index (χ2v) is 10.0. The van der Waals surface area contributed by atoms with Gasteiger partial charge in [0.05, 0.1) is 17.3 Å². The quantitative estimate of drug-likeness (QED) is 0.352. The number of β-amino-alcohol motifs (C(OH)–C–C–N with tert-alkyl or cyclic N) is 1. The number of oxazole rings is 1. The van der Waals surface area contributed by atoms with E-state index in [2.05, 4.69) is 25.5 Å². The first-order valence-electron chi connectivity index (χ1n) is 12.4. The van der Waals surface area contributed by atoms with Crippen LogP contribution in [0.25, 0.3) is 0 Å². The highest BCUT2D eigenvalue weighted by Gasteiger charge is 2.45. The smallest absolute Gasteiger partial charge is 0.252 e. The van der Waals surface area contributed by atoms with Gasteiger partial charge in [-0.1, -0.05) is 17.7 Å². The lowest BCUT2D eigenvalue weighted by atomic mass is 9.88. The number of hydrogen-bond donors (Lipinski definition) is 3.